The number of esters is 1. The van der Waals surface area contributed by atoms with E-state index in [0.29, 0.717) is 23.6 Å². The molecule has 140 valence electrons. The van der Waals surface area contributed by atoms with Crippen LogP contribution in [0.1, 0.15) is 52.6 Å². The maximum absolute atomic E-state index is 12.5. The van der Waals surface area contributed by atoms with Crippen LogP contribution in [0.3, 0.4) is 0 Å². The van der Waals surface area contributed by atoms with Crippen LogP contribution in [0.4, 0.5) is 5.69 Å². The van der Waals surface area contributed by atoms with Crippen molar-refractivity contribution in [3.63, 3.8) is 0 Å². The molecule has 1 aromatic heterocycles. The van der Waals surface area contributed by atoms with E-state index < -0.39 is 0 Å². The Hall–Kier alpha value is -3.02. The van der Waals surface area contributed by atoms with Crippen molar-refractivity contribution in [2.45, 2.75) is 32.6 Å². The summed E-state index contributed by atoms with van der Waals surface area (Å²) < 4.78 is 10.5. The molecule has 1 aliphatic heterocycles. The molecule has 1 aliphatic carbocycles. The fourth-order valence-electron chi connectivity index (χ4n) is 3.85. The predicted molar refractivity (Wildman–Crippen MR) is 103 cm³/mol. The summed E-state index contributed by atoms with van der Waals surface area (Å²) in [6.45, 7) is 2.13. The van der Waals surface area contributed by atoms with Gasteiger partial charge in [-0.2, -0.15) is 0 Å². The molecule has 0 saturated heterocycles. The van der Waals surface area contributed by atoms with Gasteiger partial charge in [0.1, 0.15) is 11.4 Å². The number of carbonyl (C=O) groups excluding carboxylic acids is 2. The van der Waals surface area contributed by atoms with E-state index in [9.17, 15) is 9.59 Å². The Kier molecular flexibility index (Phi) is 4.48. The molecule has 0 radical (unpaired) electrons. The van der Waals surface area contributed by atoms with Gasteiger partial charge in [-0.05, 0) is 68.0 Å². The van der Waals surface area contributed by atoms with Gasteiger partial charge in [-0.15, -0.1) is 0 Å². The van der Waals surface area contributed by atoms with E-state index in [4.69, 9.17) is 9.47 Å². The largest absolute Gasteiger partial charge is 0.497 e. The molecule has 0 unspecified atom stereocenters. The number of aromatic nitrogens is 1. The second-order valence-corrected chi connectivity index (χ2v) is 6.72. The summed E-state index contributed by atoms with van der Waals surface area (Å²) in [4.78, 5) is 28.1. The van der Waals surface area contributed by atoms with Crippen molar-refractivity contribution in [3.8, 4) is 5.75 Å². The number of benzene rings is 1. The number of anilines is 1. The maximum Gasteiger partial charge on any atom is 0.355 e. The zero-order valence-corrected chi connectivity index (χ0v) is 15.5. The third kappa shape index (κ3) is 3.01. The lowest BCUT2D eigenvalue weighted by molar-refractivity contribution is -0.110. The Morgan fingerprint density at radius 3 is 2.74 bits per heavy atom. The summed E-state index contributed by atoms with van der Waals surface area (Å²) in [6.07, 6.45) is 5.69. The molecule has 1 aromatic carbocycles. The van der Waals surface area contributed by atoms with Crippen molar-refractivity contribution in [3.05, 3.63) is 46.3 Å². The first kappa shape index (κ1) is 17.4. The lowest BCUT2D eigenvalue weighted by Gasteiger charge is -2.13. The molecule has 0 atom stereocenters. The van der Waals surface area contributed by atoms with Crippen molar-refractivity contribution in [1.29, 1.82) is 0 Å². The molecule has 0 bridgehead atoms. The molecule has 1 amide bonds. The minimum Gasteiger partial charge on any atom is -0.497 e. The average molecular weight is 366 g/mol. The zero-order valence-electron chi connectivity index (χ0n) is 15.5. The first-order chi connectivity index (χ1) is 13.1. The van der Waals surface area contributed by atoms with Gasteiger partial charge in [0.15, 0.2) is 0 Å². The highest BCUT2D eigenvalue weighted by atomic mass is 16.5. The van der Waals surface area contributed by atoms with Gasteiger partial charge in [0.2, 0.25) is 0 Å². The van der Waals surface area contributed by atoms with Crippen LogP contribution in [0.15, 0.2) is 18.2 Å². The van der Waals surface area contributed by atoms with Gasteiger partial charge in [-0.3, -0.25) is 4.79 Å². The summed E-state index contributed by atoms with van der Waals surface area (Å²) >= 11 is 0. The lowest BCUT2D eigenvalue weighted by Crippen LogP contribution is -2.10. The van der Waals surface area contributed by atoms with E-state index in [2.05, 4.69) is 10.3 Å². The van der Waals surface area contributed by atoms with Crippen LogP contribution < -0.4 is 10.1 Å². The first-order valence-corrected chi connectivity index (χ1v) is 9.24. The van der Waals surface area contributed by atoms with Crippen molar-refractivity contribution in [2.75, 3.05) is 19.0 Å². The fraction of sp³-hybridized carbons (Fsp3) is 0.333. The molecular formula is C21H22N2O4. The minimum atomic E-state index is -0.335. The van der Waals surface area contributed by atoms with Crippen LogP contribution in [0.2, 0.25) is 0 Å². The Morgan fingerprint density at radius 2 is 2.00 bits per heavy atom. The number of amides is 1. The van der Waals surface area contributed by atoms with Crippen LogP contribution in [0, 0.1) is 0 Å². The smallest absolute Gasteiger partial charge is 0.355 e. The molecule has 6 nitrogen and oxygen atoms in total. The third-order valence-electron chi connectivity index (χ3n) is 5.13. The number of carbonyl (C=O) groups is 2. The van der Waals surface area contributed by atoms with E-state index in [1.807, 2.05) is 24.3 Å². The normalized spacial score (nSPS) is 16.7. The Balaban J connectivity index is 1.81. The summed E-state index contributed by atoms with van der Waals surface area (Å²) in [6, 6.07) is 5.50. The third-order valence-corrected chi connectivity index (χ3v) is 5.13. The quantitative estimate of drug-likeness (QED) is 0.640. The van der Waals surface area contributed by atoms with Crippen LogP contribution in [0.5, 0.6) is 5.75 Å². The number of nitrogens with one attached hydrogen (secondary N) is 2. The van der Waals surface area contributed by atoms with E-state index in [1.54, 1.807) is 14.0 Å². The van der Waals surface area contributed by atoms with Crippen molar-refractivity contribution < 1.29 is 19.1 Å². The molecule has 2 aromatic rings. The molecule has 2 heterocycles. The van der Waals surface area contributed by atoms with E-state index in [-0.39, 0.29) is 11.9 Å². The minimum absolute atomic E-state index is 0.157. The second kappa shape index (κ2) is 6.95. The highest BCUT2D eigenvalue weighted by molar-refractivity contribution is 6.35. The molecule has 0 spiro atoms. The number of methoxy groups -OCH3 is 1. The number of fused-ring (bicyclic) bond motifs is 2. The molecular weight excluding hydrogens is 344 g/mol. The standard InChI is InChI=1S/C21H22N2O4/c1-3-27-21(25)19-14-7-5-4-6-13(14)18(22-19)11-16-15-10-12(26-2)8-9-17(15)23-20(16)24/h8-11,22H,3-7H2,1-2H3,(H,23,24). The van der Waals surface area contributed by atoms with Gasteiger partial charge in [0.25, 0.3) is 5.91 Å². The second-order valence-electron chi connectivity index (χ2n) is 6.72. The summed E-state index contributed by atoms with van der Waals surface area (Å²) in [5, 5.41) is 2.88. The Bertz CT molecular complexity index is 955. The molecule has 0 fully saturated rings. The zero-order chi connectivity index (χ0) is 19.0. The number of aromatic amines is 1. The topological polar surface area (TPSA) is 80.4 Å². The van der Waals surface area contributed by atoms with Gasteiger partial charge in [0, 0.05) is 16.9 Å². The van der Waals surface area contributed by atoms with Crippen molar-refractivity contribution in [1.82, 2.24) is 4.98 Å². The van der Waals surface area contributed by atoms with Crippen LogP contribution in [-0.2, 0) is 22.4 Å². The van der Waals surface area contributed by atoms with Gasteiger partial charge in [0.05, 0.1) is 19.3 Å². The lowest BCUT2D eigenvalue weighted by atomic mass is 9.91. The summed E-state index contributed by atoms with van der Waals surface area (Å²) in [5.41, 5.74) is 5.59. The molecule has 6 heteroatoms. The van der Waals surface area contributed by atoms with Crippen LogP contribution >= 0.6 is 0 Å². The molecule has 2 N–H and O–H groups in total. The van der Waals surface area contributed by atoms with E-state index >= 15 is 0 Å². The predicted octanol–water partition coefficient (Wildman–Crippen LogP) is 3.57. The Labute approximate surface area is 157 Å². The molecule has 27 heavy (non-hydrogen) atoms. The molecule has 0 saturated carbocycles. The van der Waals surface area contributed by atoms with Gasteiger partial charge in [-0.25, -0.2) is 4.79 Å². The number of ether oxygens (including phenoxy) is 2. The van der Waals surface area contributed by atoms with Crippen LogP contribution in [0.25, 0.3) is 11.6 Å². The summed E-state index contributed by atoms with van der Waals surface area (Å²) in [5.74, 6) is 0.199. The number of rotatable bonds is 4. The highest BCUT2D eigenvalue weighted by Gasteiger charge is 2.28. The highest BCUT2D eigenvalue weighted by Crippen LogP contribution is 2.37. The van der Waals surface area contributed by atoms with Gasteiger partial charge >= 0.3 is 5.97 Å². The van der Waals surface area contributed by atoms with Gasteiger partial charge in [-0.1, -0.05) is 0 Å². The fourth-order valence-corrected chi connectivity index (χ4v) is 3.85. The maximum atomic E-state index is 12.5. The summed E-state index contributed by atoms with van der Waals surface area (Å²) in [7, 11) is 1.60. The number of hydrogen-bond donors (Lipinski definition) is 2. The molecule has 4 rings (SSSR count). The average Bonchev–Trinajstić information content (AvgIpc) is 3.20. The van der Waals surface area contributed by atoms with E-state index in [1.165, 1.54) is 0 Å². The number of hydrogen-bond acceptors (Lipinski definition) is 4. The van der Waals surface area contributed by atoms with Crippen LogP contribution in [-0.4, -0.2) is 30.6 Å². The van der Waals surface area contributed by atoms with Gasteiger partial charge < -0.3 is 19.8 Å². The van der Waals surface area contributed by atoms with E-state index in [0.717, 1.165) is 53.8 Å². The van der Waals surface area contributed by atoms with Crippen molar-refractivity contribution in [2.24, 2.45) is 0 Å². The van der Waals surface area contributed by atoms with Crippen molar-refractivity contribution >= 4 is 29.2 Å². The monoisotopic (exact) mass is 366 g/mol. The number of H-pyrrole nitrogens is 1. The SMILES string of the molecule is CCOC(=O)c1[nH]c(C=C2C(=O)Nc3ccc(OC)cc32)c2c1CCCC2. The first-order valence-electron chi connectivity index (χ1n) is 9.24. The Morgan fingerprint density at radius 1 is 1.22 bits per heavy atom. The molecule has 2 aliphatic rings.